The maximum Gasteiger partial charge on any atom is 0.129 e. The van der Waals surface area contributed by atoms with E-state index in [2.05, 4.69) is 26.0 Å². The molecule has 1 unspecified atom stereocenters. The summed E-state index contributed by atoms with van der Waals surface area (Å²) in [5, 5.41) is 8.57. The quantitative estimate of drug-likeness (QED) is 0.450. The third-order valence-corrected chi connectivity index (χ3v) is 2.56. The van der Waals surface area contributed by atoms with Crippen LogP contribution in [-0.4, -0.2) is 6.29 Å². The Morgan fingerprint density at radius 2 is 2.00 bits per heavy atom. The first kappa shape index (κ1) is 13.9. The summed E-state index contributed by atoms with van der Waals surface area (Å²) < 4.78 is 0. The average molecular weight is 207 g/mol. The predicted molar refractivity (Wildman–Crippen MR) is 62.3 cm³/mol. The van der Waals surface area contributed by atoms with Crippen LogP contribution in [0.2, 0.25) is 0 Å². The summed E-state index contributed by atoms with van der Waals surface area (Å²) in [4.78, 5) is 11.2. The molecule has 0 aliphatic heterocycles. The van der Waals surface area contributed by atoms with Crippen molar-refractivity contribution in [2.75, 3.05) is 0 Å². The number of rotatable bonds is 8. The van der Waals surface area contributed by atoms with Gasteiger partial charge in [-0.1, -0.05) is 38.8 Å². The number of hydrogen-bond donors (Lipinski definition) is 0. The molecule has 0 rings (SSSR count). The van der Waals surface area contributed by atoms with Gasteiger partial charge in [0.15, 0.2) is 0 Å². The van der Waals surface area contributed by atoms with Gasteiger partial charge in [0, 0.05) is 11.8 Å². The SMILES string of the molecule is CCCC=CC(C=O)(CCC)CCC#N. The van der Waals surface area contributed by atoms with Crippen LogP contribution < -0.4 is 0 Å². The molecule has 0 aliphatic carbocycles. The molecule has 2 heteroatoms. The Hall–Kier alpha value is -1.10. The van der Waals surface area contributed by atoms with E-state index in [4.69, 9.17) is 5.26 Å². The highest BCUT2D eigenvalue weighted by Gasteiger charge is 2.24. The number of nitriles is 1. The molecule has 0 spiro atoms. The van der Waals surface area contributed by atoms with Gasteiger partial charge < -0.3 is 4.79 Å². The smallest absolute Gasteiger partial charge is 0.129 e. The van der Waals surface area contributed by atoms with E-state index in [0.717, 1.165) is 32.0 Å². The second-order valence-corrected chi connectivity index (χ2v) is 3.95. The average Bonchev–Trinajstić information content (AvgIpc) is 2.26. The van der Waals surface area contributed by atoms with Gasteiger partial charge >= 0.3 is 0 Å². The van der Waals surface area contributed by atoms with Gasteiger partial charge in [-0.2, -0.15) is 5.26 Å². The van der Waals surface area contributed by atoms with Crippen LogP contribution in [0.1, 0.15) is 52.4 Å². The number of carbonyl (C=O) groups excluding carboxylic acids is 1. The highest BCUT2D eigenvalue weighted by molar-refractivity contribution is 5.62. The van der Waals surface area contributed by atoms with Crippen molar-refractivity contribution in [2.24, 2.45) is 5.41 Å². The van der Waals surface area contributed by atoms with Crippen LogP contribution >= 0.6 is 0 Å². The van der Waals surface area contributed by atoms with Crippen molar-refractivity contribution in [3.63, 3.8) is 0 Å². The van der Waals surface area contributed by atoms with Crippen LogP contribution in [0.15, 0.2) is 12.2 Å². The van der Waals surface area contributed by atoms with Crippen molar-refractivity contribution in [2.45, 2.75) is 52.4 Å². The van der Waals surface area contributed by atoms with Crippen molar-refractivity contribution in [3.05, 3.63) is 12.2 Å². The Labute approximate surface area is 93.0 Å². The van der Waals surface area contributed by atoms with Crippen LogP contribution in [0.25, 0.3) is 0 Å². The van der Waals surface area contributed by atoms with Crippen molar-refractivity contribution < 1.29 is 4.79 Å². The topological polar surface area (TPSA) is 40.9 Å². The molecule has 0 fully saturated rings. The van der Waals surface area contributed by atoms with E-state index >= 15 is 0 Å². The van der Waals surface area contributed by atoms with Gasteiger partial charge in [-0.3, -0.25) is 0 Å². The Morgan fingerprint density at radius 3 is 2.47 bits per heavy atom. The minimum absolute atomic E-state index is 0.389. The maximum atomic E-state index is 11.2. The Balaban J connectivity index is 4.49. The van der Waals surface area contributed by atoms with Crippen LogP contribution in [0.3, 0.4) is 0 Å². The molecule has 0 saturated heterocycles. The second-order valence-electron chi connectivity index (χ2n) is 3.95. The lowest BCUT2D eigenvalue weighted by Crippen LogP contribution is -2.19. The van der Waals surface area contributed by atoms with E-state index in [9.17, 15) is 4.79 Å². The molecular weight excluding hydrogens is 186 g/mol. The van der Waals surface area contributed by atoms with Crippen LogP contribution in [0.5, 0.6) is 0 Å². The minimum Gasteiger partial charge on any atom is -0.302 e. The summed E-state index contributed by atoms with van der Waals surface area (Å²) in [6, 6.07) is 2.11. The minimum atomic E-state index is -0.389. The highest BCUT2D eigenvalue weighted by Crippen LogP contribution is 2.29. The fraction of sp³-hybridized carbons (Fsp3) is 0.692. The van der Waals surface area contributed by atoms with Gasteiger partial charge in [0.1, 0.15) is 6.29 Å². The lowest BCUT2D eigenvalue weighted by molar-refractivity contribution is -0.114. The molecule has 84 valence electrons. The highest BCUT2D eigenvalue weighted by atomic mass is 16.1. The molecule has 1 atom stereocenters. The summed E-state index contributed by atoms with van der Waals surface area (Å²) in [5.41, 5.74) is -0.389. The monoisotopic (exact) mass is 207 g/mol. The molecular formula is C13H21NO. The number of unbranched alkanes of at least 4 members (excludes halogenated alkanes) is 1. The van der Waals surface area contributed by atoms with E-state index in [1.165, 1.54) is 0 Å². The summed E-state index contributed by atoms with van der Waals surface area (Å²) in [6.07, 6.45) is 10.1. The summed E-state index contributed by atoms with van der Waals surface area (Å²) in [6.45, 7) is 4.18. The molecule has 2 nitrogen and oxygen atoms in total. The third kappa shape index (κ3) is 5.37. The Bertz CT molecular complexity index is 239. The normalized spacial score (nSPS) is 14.7. The molecule has 0 amide bonds. The summed E-state index contributed by atoms with van der Waals surface area (Å²) in [7, 11) is 0. The largest absolute Gasteiger partial charge is 0.302 e. The molecule has 0 N–H and O–H groups in total. The maximum absolute atomic E-state index is 11.2. The zero-order valence-electron chi connectivity index (χ0n) is 9.83. The number of aldehydes is 1. The number of hydrogen-bond acceptors (Lipinski definition) is 2. The standard InChI is InChI=1S/C13H21NO/c1-3-5-6-9-13(12-15,8-4-2)10-7-11-14/h6,9,12H,3-5,7-8,10H2,1-2H3. The van der Waals surface area contributed by atoms with Gasteiger partial charge in [0.25, 0.3) is 0 Å². The lowest BCUT2D eigenvalue weighted by Gasteiger charge is -2.22. The molecule has 0 aromatic carbocycles. The summed E-state index contributed by atoms with van der Waals surface area (Å²) >= 11 is 0. The zero-order valence-corrected chi connectivity index (χ0v) is 9.83. The number of allylic oxidation sites excluding steroid dienone is 2. The van der Waals surface area contributed by atoms with Crippen LogP contribution in [0, 0.1) is 16.7 Å². The first-order valence-electron chi connectivity index (χ1n) is 5.75. The van der Waals surface area contributed by atoms with Crippen molar-refractivity contribution in [3.8, 4) is 6.07 Å². The number of nitrogens with zero attached hydrogens (tertiary/aromatic N) is 1. The number of carbonyl (C=O) groups is 1. The van der Waals surface area contributed by atoms with E-state index < -0.39 is 0 Å². The molecule has 0 aromatic rings. The van der Waals surface area contributed by atoms with Crippen molar-refractivity contribution in [1.29, 1.82) is 5.26 Å². The molecule has 0 radical (unpaired) electrons. The van der Waals surface area contributed by atoms with Crippen molar-refractivity contribution in [1.82, 2.24) is 0 Å². The van der Waals surface area contributed by atoms with Crippen molar-refractivity contribution >= 4 is 6.29 Å². The van der Waals surface area contributed by atoms with E-state index in [1.54, 1.807) is 0 Å². The molecule has 0 bridgehead atoms. The molecule has 0 aromatic heterocycles. The van der Waals surface area contributed by atoms with Gasteiger partial charge in [0.2, 0.25) is 0 Å². The molecule has 0 saturated carbocycles. The fourth-order valence-electron chi connectivity index (χ4n) is 1.69. The summed E-state index contributed by atoms with van der Waals surface area (Å²) in [5.74, 6) is 0. The molecule has 0 heterocycles. The third-order valence-electron chi connectivity index (χ3n) is 2.56. The van der Waals surface area contributed by atoms with Gasteiger partial charge in [-0.25, -0.2) is 0 Å². The van der Waals surface area contributed by atoms with E-state index in [1.807, 2.05) is 6.08 Å². The molecule has 0 aliphatic rings. The van der Waals surface area contributed by atoms with Gasteiger partial charge in [-0.15, -0.1) is 0 Å². The van der Waals surface area contributed by atoms with Gasteiger partial charge in [-0.05, 0) is 19.3 Å². The van der Waals surface area contributed by atoms with Crippen LogP contribution in [-0.2, 0) is 4.79 Å². The first-order chi connectivity index (χ1) is 7.24. The Morgan fingerprint density at radius 1 is 1.27 bits per heavy atom. The lowest BCUT2D eigenvalue weighted by atomic mass is 9.80. The Kier molecular flexibility index (Phi) is 7.62. The van der Waals surface area contributed by atoms with Crippen LogP contribution in [0.4, 0.5) is 0 Å². The predicted octanol–water partition coefficient (Wildman–Crippen LogP) is 3.63. The fourth-order valence-corrected chi connectivity index (χ4v) is 1.69. The van der Waals surface area contributed by atoms with E-state index in [-0.39, 0.29) is 5.41 Å². The first-order valence-corrected chi connectivity index (χ1v) is 5.75. The zero-order chi connectivity index (χ0) is 11.6. The van der Waals surface area contributed by atoms with Gasteiger partial charge in [0.05, 0.1) is 6.07 Å². The second kappa shape index (κ2) is 8.23. The molecule has 15 heavy (non-hydrogen) atoms. The van der Waals surface area contributed by atoms with E-state index in [0.29, 0.717) is 12.8 Å².